The number of fused-ring (bicyclic) bond motifs is 3. The Labute approximate surface area is 207 Å². The highest BCUT2D eigenvalue weighted by Gasteiger charge is 2.20. The number of rotatable bonds is 9. The molecule has 0 fully saturated rings. The fourth-order valence-electron chi connectivity index (χ4n) is 3.97. The van der Waals surface area contributed by atoms with E-state index in [1.54, 1.807) is 12.1 Å². The predicted molar refractivity (Wildman–Crippen MR) is 137 cm³/mol. The predicted octanol–water partition coefficient (Wildman–Crippen LogP) is 1.92. The van der Waals surface area contributed by atoms with Gasteiger partial charge in [-0.05, 0) is 36.1 Å². The Hall–Kier alpha value is -4.21. The minimum atomic E-state index is -0.561. The molecular weight excluding hydrogens is 460 g/mol. The van der Waals surface area contributed by atoms with Gasteiger partial charge in [0.25, 0.3) is 11.5 Å². The highest BCUT2D eigenvalue weighted by Crippen LogP contribution is 2.15. The van der Waals surface area contributed by atoms with Gasteiger partial charge in [-0.2, -0.15) is 0 Å². The van der Waals surface area contributed by atoms with Gasteiger partial charge in [0.2, 0.25) is 11.7 Å². The Bertz CT molecular complexity index is 1530. The van der Waals surface area contributed by atoms with E-state index in [9.17, 15) is 19.2 Å². The molecule has 0 unspecified atom stereocenters. The molecule has 36 heavy (non-hydrogen) atoms. The molecule has 0 spiro atoms. The fourth-order valence-corrected chi connectivity index (χ4v) is 3.97. The molecule has 0 aliphatic heterocycles. The van der Waals surface area contributed by atoms with Crippen molar-refractivity contribution in [2.75, 3.05) is 6.54 Å². The van der Waals surface area contributed by atoms with Gasteiger partial charge in [-0.15, -0.1) is 5.10 Å². The fraction of sp³-hybridized carbons (Fsp3) is 0.346. The van der Waals surface area contributed by atoms with Gasteiger partial charge in [-0.3, -0.25) is 19.0 Å². The van der Waals surface area contributed by atoms with Crippen LogP contribution in [0, 0.1) is 5.92 Å². The number of hydrogen-bond donors (Lipinski definition) is 2. The van der Waals surface area contributed by atoms with E-state index >= 15 is 0 Å². The van der Waals surface area contributed by atoms with Crippen molar-refractivity contribution in [1.29, 1.82) is 0 Å². The van der Waals surface area contributed by atoms with Crippen LogP contribution in [0.15, 0.2) is 58.1 Å². The maximum Gasteiger partial charge on any atom is 0.352 e. The Morgan fingerprint density at radius 3 is 2.47 bits per heavy atom. The molecule has 2 aromatic heterocycles. The van der Waals surface area contributed by atoms with E-state index in [0.717, 1.165) is 10.2 Å². The first-order chi connectivity index (χ1) is 17.3. The largest absolute Gasteiger partial charge is 0.352 e. The van der Waals surface area contributed by atoms with Gasteiger partial charge in [0.05, 0.1) is 10.9 Å². The van der Waals surface area contributed by atoms with Gasteiger partial charge in [0, 0.05) is 25.2 Å². The van der Waals surface area contributed by atoms with Gasteiger partial charge in [-0.1, -0.05) is 51.1 Å². The van der Waals surface area contributed by atoms with Crippen LogP contribution in [0.25, 0.3) is 16.7 Å². The van der Waals surface area contributed by atoms with Gasteiger partial charge in [-0.25, -0.2) is 13.9 Å². The lowest BCUT2D eigenvalue weighted by molar-refractivity contribution is -0.122. The van der Waals surface area contributed by atoms with E-state index in [1.165, 1.54) is 15.0 Å². The normalized spacial score (nSPS) is 11.3. The average molecular weight is 491 g/mol. The summed E-state index contributed by atoms with van der Waals surface area (Å²) in [6.45, 7) is 6.77. The first-order valence-electron chi connectivity index (χ1n) is 12.0. The number of aromatic nitrogens is 4. The summed E-state index contributed by atoms with van der Waals surface area (Å²) in [5, 5.41) is 10.3. The highest BCUT2D eigenvalue weighted by molar-refractivity contribution is 5.98. The maximum atomic E-state index is 13.4. The zero-order valence-electron chi connectivity index (χ0n) is 20.7. The Morgan fingerprint density at radius 1 is 1.03 bits per heavy atom. The third kappa shape index (κ3) is 5.07. The topological polar surface area (TPSA) is 120 Å². The van der Waals surface area contributed by atoms with E-state index in [0.29, 0.717) is 37.0 Å². The molecule has 2 aromatic carbocycles. The summed E-state index contributed by atoms with van der Waals surface area (Å²) in [4.78, 5) is 51.9. The van der Waals surface area contributed by atoms with Crippen molar-refractivity contribution in [3.8, 4) is 0 Å². The molecule has 0 saturated heterocycles. The van der Waals surface area contributed by atoms with Gasteiger partial charge in [0.1, 0.15) is 6.54 Å². The third-order valence-corrected chi connectivity index (χ3v) is 5.78. The van der Waals surface area contributed by atoms with Crippen molar-refractivity contribution in [3.63, 3.8) is 0 Å². The Balaban J connectivity index is 1.75. The van der Waals surface area contributed by atoms with Crippen LogP contribution < -0.4 is 21.9 Å². The van der Waals surface area contributed by atoms with Gasteiger partial charge < -0.3 is 10.6 Å². The Morgan fingerprint density at radius 2 is 1.78 bits per heavy atom. The van der Waals surface area contributed by atoms with Gasteiger partial charge >= 0.3 is 5.69 Å². The summed E-state index contributed by atoms with van der Waals surface area (Å²) in [6, 6.07) is 14.1. The van der Waals surface area contributed by atoms with E-state index in [-0.39, 0.29) is 41.1 Å². The zero-order valence-corrected chi connectivity index (χ0v) is 20.7. The van der Waals surface area contributed by atoms with Crippen LogP contribution >= 0.6 is 0 Å². The minimum absolute atomic E-state index is 0.134. The van der Waals surface area contributed by atoms with Crippen molar-refractivity contribution in [1.82, 2.24) is 29.4 Å². The molecule has 0 bridgehead atoms. The molecule has 2 amide bonds. The van der Waals surface area contributed by atoms with Crippen LogP contribution in [0.5, 0.6) is 0 Å². The number of carbonyl (C=O) groups excluding carboxylic acids is 2. The van der Waals surface area contributed by atoms with Crippen LogP contribution in [0.4, 0.5) is 0 Å². The minimum Gasteiger partial charge on any atom is -0.352 e. The summed E-state index contributed by atoms with van der Waals surface area (Å²) in [7, 11) is 0. The number of hydrogen-bond acceptors (Lipinski definition) is 5. The summed E-state index contributed by atoms with van der Waals surface area (Å²) in [5.41, 5.74) is 0.672. The lowest BCUT2D eigenvalue weighted by Crippen LogP contribution is -2.32. The molecule has 4 aromatic rings. The molecule has 0 radical (unpaired) electrons. The van der Waals surface area contributed by atoms with Crippen LogP contribution in [0.2, 0.25) is 0 Å². The smallest absolute Gasteiger partial charge is 0.352 e. The van der Waals surface area contributed by atoms with E-state index in [4.69, 9.17) is 0 Å². The van der Waals surface area contributed by atoms with Crippen LogP contribution in [0.3, 0.4) is 0 Å². The Kier molecular flexibility index (Phi) is 7.33. The first kappa shape index (κ1) is 24.9. The zero-order chi connectivity index (χ0) is 25.8. The molecule has 0 aliphatic carbocycles. The monoisotopic (exact) mass is 490 g/mol. The lowest BCUT2D eigenvalue weighted by Gasteiger charge is -2.11. The molecule has 2 N–H and O–H groups in total. The standard InChI is InChI=1S/C26H30N6O4/c1-4-12-30-24(35)20-11-10-19(23(34)28-14-17(2)3)13-21(20)32-25(30)29-31(26(32)36)16-22(33)27-15-18-8-6-5-7-9-18/h5-11,13,17H,4,12,14-16H2,1-3H3,(H,27,33)(H,28,34). The van der Waals surface area contributed by atoms with Crippen molar-refractivity contribution in [2.24, 2.45) is 5.92 Å². The van der Waals surface area contributed by atoms with Crippen molar-refractivity contribution < 1.29 is 9.59 Å². The number of benzene rings is 2. The second-order valence-electron chi connectivity index (χ2n) is 9.13. The maximum absolute atomic E-state index is 13.4. The van der Waals surface area contributed by atoms with Crippen LogP contribution in [-0.4, -0.2) is 37.1 Å². The van der Waals surface area contributed by atoms with Gasteiger partial charge in [0.15, 0.2) is 0 Å². The quantitative estimate of drug-likeness (QED) is 0.372. The SMILES string of the molecule is CCCn1c(=O)c2ccc(C(=O)NCC(C)C)cc2n2c(=O)n(CC(=O)NCc3ccccc3)nc12. The molecule has 2 heterocycles. The second kappa shape index (κ2) is 10.6. The molecule has 10 heteroatoms. The molecule has 4 rings (SSSR count). The van der Waals surface area contributed by atoms with E-state index < -0.39 is 5.69 Å². The van der Waals surface area contributed by atoms with Crippen LogP contribution in [0.1, 0.15) is 43.1 Å². The average Bonchev–Trinajstić information content (AvgIpc) is 3.19. The number of carbonyl (C=O) groups is 2. The summed E-state index contributed by atoms with van der Waals surface area (Å²) in [6.07, 6.45) is 0.648. The molecular formula is C26H30N6O4. The number of nitrogens with zero attached hydrogens (tertiary/aromatic N) is 4. The van der Waals surface area contributed by atoms with Crippen molar-refractivity contribution >= 4 is 28.5 Å². The first-order valence-corrected chi connectivity index (χ1v) is 12.0. The van der Waals surface area contributed by atoms with E-state index in [1.807, 2.05) is 51.1 Å². The molecule has 0 saturated carbocycles. The second-order valence-corrected chi connectivity index (χ2v) is 9.13. The lowest BCUT2D eigenvalue weighted by atomic mass is 10.1. The molecule has 0 atom stereocenters. The number of amides is 2. The molecule has 10 nitrogen and oxygen atoms in total. The molecule has 188 valence electrons. The van der Waals surface area contributed by atoms with Crippen molar-refractivity contribution in [2.45, 2.75) is 46.8 Å². The molecule has 0 aliphatic rings. The number of aryl methyl sites for hydroxylation is 1. The number of nitrogens with one attached hydrogen (secondary N) is 2. The van der Waals surface area contributed by atoms with Crippen LogP contribution in [-0.2, 0) is 24.4 Å². The summed E-state index contributed by atoms with van der Waals surface area (Å²) in [5.74, 6) is -0.268. The highest BCUT2D eigenvalue weighted by atomic mass is 16.2. The van der Waals surface area contributed by atoms with E-state index in [2.05, 4.69) is 15.7 Å². The summed E-state index contributed by atoms with van der Waals surface area (Å²) >= 11 is 0. The third-order valence-electron chi connectivity index (χ3n) is 5.78. The van der Waals surface area contributed by atoms with Crippen molar-refractivity contribution in [3.05, 3.63) is 80.5 Å². The summed E-state index contributed by atoms with van der Waals surface area (Å²) < 4.78 is 3.78.